The average Bonchev–Trinajstić information content (AvgIpc) is 2.64. The van der Waals surface area contributed by atoms with Crippen LogP contribution in [-0.4, -0.2) is 19.2 Å². The Labute approximate surface area is 116 Å². The average molecular weight is 296 g/mol. The minimum Gasteiger partial charge on any atom is -0.321 e. The number of aromatic nitrogens is 2. The van der Waals surface area contributed by atoms with Crippen LogP contribution < -0.4 is 10.9 Å². The summed E-state index contributed by atoms with van der Waals surface area (Å²) in [5, 5.41) is -0.474. The third-order valence-electron chi connectivity index (χ3n) is 3.03. The number of benzene rings is 1. The van der Waals surface area contributed by atoms with Gasteiger partial charge in [0.05, 0.1) is 5.69 Å². The molecule has 0 fully saturated rings. The quantitative estimate of drug-likeness (QED) is 0.830. The van der Waals surface area contributed by atoms with E-state index in [1.807, 2.05) is 39.0 Å². The molecule has 0 bridgehead atoms. The molecule has 0 atom stereocenters. The molecule has 1 aromatic carbocycles. The Balaban J connectivity index is 2.77. The van der Waals surface area contributed by atoms with Crippen molar-refractivity contribution in [2.24, 2.45) is 0 Å². The Hall–Kier alpha value is -1.62. The molecule has 2 N–H and O–H groups in total. The summed E-state index contributed by atoms with van der Waals surface area (Å²) in [4.78, 5) is 30.8. The minimum atomic E-state index is -4.57. The van der Waals surface area contributed by atoms with Gasteiger partial charge in [-0.1, -0.05) is 6.07 Å². The van der Waals surface area contributed by atoms with E-state index < -0.39 is 18.5 Å². The molecular formula is C13H17N2O4P. The van der Waals surface area contributed by atoms with E-state index in [2.05, 4.69) is 0 Å². The second kappa shape index (κ2) is 5.05. The Morgan fingerprint density at radius 3 is 2.15 bits per heavy atom. The van der Waals surface area contributed by atoms with E-state index in [0.29, 0.717) is 12.2 Å². The van der Waals surface area contributed by atoms with Gasteiger partial charge in [-0.2, -0.15) is 0 Å². The molecule has 20 heavy (non-hydrogen) atoms. The van der Waals surface area contributed by atoms with Crippen LogP contribution >= 0.6 is 7.60 Å². The number of hydrogen-bond donors (Lipinski definition) is 2. The number of rotatable bonds is 3. The van der Waals surface area contributed by atoms with Crippen molar-refractivity contribution in [3.8, 4) is 5.69 Å². The summed E-state index contributed by atoms with van der Waals surface area (Å²) in [5.74, 6) is 0. The van der Waals surface area contributed by atoms with E-state index in [9.17, 15) is 19.1 Å². The second-order valence-corrected chi connectivity index (χ2v) is 6.35. The normalized spacial score (nSPS) is 11.8. The third kappa shape index (κ3) is 2.63. The van der Waals surface area contributed by atoms with E-state index >= 15 is 0 Å². The lowest BCUT2D eigenvalue weighted by Gasteiger charge is -2.11. The van der Waals surface area contributed by atoms with Crippen LogP contribution in [0.25, 0.3) is 5.69 Å². The van der Waals surface area contributed by atoms with E-state index in [0.717, 1.165) is 11.1 Å². The molecule has 1 heterocycles. The van der Waals surface area contributed by atoms with Crippen LogP contribution in [0.4, 0.5) is 0 Å². The van der Waals surface area contributed by atoms with Gasteiger partial charge < -0.3 is 9.79 Å². The van der Waals surface area contributed by atoms with Crippen LogP contribution in [0, 0.1) is 13.8 Å². The second-order valence-electron chi connectivity index (χ2n) is 4.78. The highest BCUT2D eigenvalue weighted by Gasteiger charge is 2.26. The minimum absolute atomic E-state index is 0.433. The number of hydrogen-bond acceptors (Lipinski definition) is 2. The van der Waals surface area contributed by atoms with E-state index in [1.165, 1.54) is 15.6 Å². The fourth-order valence-electron chi connectivity index (χ4n) is 2.25. The van der Waals surface area contributed by atoms with Gasteiger partial charge in [0.1, 0.15) is 5.30 Å². The van der Waals surface area contributed by atoms with Gasteiger partial charge in [-0.25, -0.2) is 4.68 Å². The molecule has 2 aromatic rings. The molecule has 0 aliphatic carbocycles. The van der Waals surface area contributed by atoms with Crippen molar-refractivity contribution in [1.29, 1.82) is 0 Å². The number of nitrogens with zero attached hydrogens (tertiary/aromatic N) is 2. The summed E-state index contributed by atoms with van der Waals surface area (Å²) in [7, 11) is -4.57. The summed E-state index contributed by atoms with van der Waals surface area (Å²) in [6.45, 7) is 6.06. The van der Waals surface area contributed by atoms with Crippen LogP contribution in [0.1, 0.15) is 18.1 Å². The van der Waals surface area contributed by atoms with Crippen molar-refractivity contribution in [2.45, 2.75) is 27.3 Å². The Morgan fingerprint density at radius 1 is 1.15 bits per heavy atom. The van der Waals surface area contributed by atoms with Gasteiger partial charge in [0.2, 0.25) is 0 Å². The molecule has 6 nitrogen and oxygen atoms in total. The highest BCUT2D eigenvalue weighted by molar-refractivity contribution is 7.60. The molecule has 0 radical (unpaired) electrons. The summed E-state index contributed by atoms with van der Waals surface area (Å²) in [5.41, 5.74) is 1.89. The maximum Gasteiger partial charge on any atom is 0.363 e. The van der Waals surface area contributed by atoms with Gasteiger partial charge >= 0.3 is 7.60 Å². The third-order valence-corrected chi connectivity index (χ3v) is 3.96. The standard InChI is InChI=1S/C13H17N2O4P/c1-4-14-8-12(20(17,18)19)13(16)15(14)11-6-9(2)5-10(3)7-11/h5-8H,4H2,1-3H3,(H2,17,18,19). The van der Waals surface area contributed by atoms with Crippen molar-refractivity contribution in [1.82, 2.24) is 9.36 Å². The van der Waals surface area contributed by atoms with E-state index in [1.54, 1.807) is 0 Å². The summed E-state index contributed by atoms with van der Waals surface area (Å²) in [6.07, 6.45) is 1.22. The smallest absolute Gasteiger partial charge is 0.321 e. The van der Waals surface area contributed by atoms with Crippen LogP contribution in [0.2, 0.25) is 0 Å². The van der Waals surface area contributed by atoms with Crippen molar-refractivity contribution in [2.75, 3.05) is 0 Å². The lowest BCUT2D eigenvalue weighted by Crippen LogP contribution is -2.28. The lowest BCUT2D eigenvalue weighted by molar-refractivity contribution is 0.387. The van der Waals surface area contributed by atoms with Crippen LogP contribution in [0.15, 0.2) is 29.2 Å². The SMILES string of the molecule is CCn1cc(P(=O)(O)O)c(=O)n1-c1cc(C)cc(C)c1. The molecule has 7 heteroatoms. The fourth-order valence-corrected chi connectivity index (χ4v) is 2.88. The first-order valence-electron chi connectivity index (χ1n) is 6.21. The first-order chi connectivity index (χ1) is 9.24. The van der Waals surface area contributed by atoms with Crippen molar-refractivity contribution < 1.29 is 14.4 Å². The fraction of sp³-hybridized carbons (Fsp3) is 0.308. The Kier molecular flexibility index (Phi) is 3.73. The molecule has 0 amide bonds. The molecule has 0 unspecified atom stereocenters. The van der Waals surface area contributed by atoms with Gasteiger partial charge in [-0.05, 0) is 44.0 Å². The molecule has 0 aliphatic heterocycles. The van der Waals surface area contributed by atoms with Gasteiger partial charge in [0, 0.05) is 12.7 Å². The van der Waals surface area contributed by atoms with Gasteiger partial charge in [-0.15, -0.1) is 0 Å². The Bertz CT molecular complexity index is 734. The molecule has 0 saturated heterocycles. The highest BCUT2D eigenvalue weighted by Crippen LogP contribution is 2.31. The zero-order valence-electron chi connectivity index (χ0n) is 11.6. The van der Waals surface area contributed by atoms with Crippen LogP contribution in [0.5, 0.6) is 0 Å². The van der Waals surface area contributed by atoms with Gasteiger partial charge in [0.15, 0.2) is 0 Å². The Morgan fingerprint density at radius 2 is 1.70 bits per heavy atom. The largest absolute Gasteiger partial charge is 0.363 e. The van der Waals surface area contributed by atoms with Crippen LogP contribution in [0.3, 0.4) is 0 Å². The highest BCUT2D eigenvalue weighted by atomic mass is 31.2. The molecule has 1 aromatic heterocycles. The number of aryl methyl sites for hydroxylation is 3. The lowest BCUT2D eigenvalue weighted by atomic mass is 10.1. The van der Waals surface area contributed by atoms with E-state index in [4.69, 9.17) is 0 Å². The summed E-state index contributed by atoms with van der Waals surface area (Å²) >= 11 is 0. The van der Waals surface area contributed by atoms with Crippen molar-refractivity contribution >= 4 is 12.9 Å². The predicted octanol–water partition coefficient (Wildman–Crippen LogP) is 1.08. The first-order valence-corrected chi connectivity index (χ1v) is 7.82. The first kappa shape index (κ1) is 14.8. The maximum atomic E-state index is 12.3. The van der Waals surface area contributed by atoms with Crippen LogP contribution in [-0.2, 0) is 11.1 Å². The van der Waals surface area contributed by atoms with Crippen molar-refractivity contribution in [3.63, 3.8) is 0 Å². The summed E-state index contributed by atoms with van der Waals surface area (Å²) < 4.78 is 14.2. The summed E-state index contributed by atoms with van der Waals surface area (Å²) in [6, 6.07) is 5.59. The zero-order chi connectivity index (χ0) is 15.1. The van der Waals surface area contributed by atoms with Gasteiger partial charge in [0.25, 0.3) is 5.56 Å². The predicted molar refractivity (Wildman–Crippen MR) is 76.9 cm³/mol. The molecule has 2 rings (SSSR count). The maximum absolute atomic E-state index is 12.3. The molecule has 0 aliphatic rings. The monoisotopic (exact) mass is 296 g/mol. The molecule has 0 saturated carbocycles. The van der Waals surface area contributed by atoms with Crippen molar-refractivity contribution in [3.05, 3.63) is 45.9 Å². The van der Waals surface area contributed by atoms with E-state index in [-0.39, 0.29) is 0 Å². The zero-order valence-corrected chi connectivity index (χ0v) is 12.5. The molecule has 0 spiro atoms. The topological polar surface area (TPSA) is 84.5 Å². The van der Waals surface area contributed by atoms with Gasteiger partial charge in [-0.3, -0.25) is 14.0 Å². The molecule has 108 valence electrons. The molecular weight excluding hydrogens is 279 g/mol.